The fourth-order valence-corrected chi connectivity index (χ4v) is 1.56. The van der Waals surface area contributed by atoms with Crippen molar-refractivity contribution >= 4 is 24.0 Å². The Labute approximate surface area is 135 Å². The second-order valence-electron chi connectivity index (χ2n) is 4.11. The Morgan fingerprint density at radius 1 is 1.33 bits per heavy atom. The normalized spacial score (nSPS) is 10.5. The van der Waals surface area contributed by atoms with Crippen molar-refractivity contribution < 1.29 is 37.4 Å². The first kappa shape index (κ1) is 18.9. The van der Waals surface area contributed by atoms with Gasteiger partial charge in [-0.05, 0) is 12.1 Å². The third kappa shape index (κ3) is 6.30. The first-order valence-corrected chi connectivity index (χ1v) is 6.39. The lowest BCUT2D eigenvalue weighted by molar-refractivity contribution is -0.143. The Kier molecular flexibility index (Phi) is 7.14. The number of para-hydroxylation sites is 1. The maximum absolute atomic E-state index is 12.5. The van der Waals surface area contributed by atoms with Crippen molar-refractivity contribution in [2.45, 2.75) is 6.61 Å². The summed E-state index contributed by atoms with van der Waals surface area (Å²) in [6.45, 7) is -3.82. The van der Waals surface area contributed by atoms with E-state index in [9.17, 15) is 23.2 Å². The number of nitrogens with two attached hydrogens (primary N) is 1. The predicted octanol–water partition coefficient (Wildman–Crippen LogP) is 1.05. The maximum Gasteiger partial charge on any atom is 0.387 e. The van der Waals surface area contributed by atoms with Crippen LogP contribution in [0.1, 0.15) is 5.56 Å². The predicted molar refractivity (Wildman–Crippen MR) is 77.3 cm³/mol. The molecule has 0 atom stereocenters. The van der Waals surface area contributed by atoms with Crippen LogP contribution >= 0.6 is 0 Å². The molecule has 3 N–H and O–H groups in total. The Hall–Kier alpha value is -3.17. The second kappa shape index (κ2) is 9.08. The highest BCUT2D eigenvalue weighted by atomic mass is 19.3. The van der Waals surface area contributed by atoms with Crippen LogP contribution in [-0.2, 0) is 14.3 Å². The summed E-state index contributed by atoms with van der Waals surface area (Å²) in [5.41, 5.74) is 4.84. The molecule has 10 heteroatoms. The molecule has 3 amide bonds. The van der Waals surface area contributed by atoms with E-state index < -0.39 is 31.1 Å². The summed E-state index contributed by atoms with van der Waals surface area (Å²) < 4.78 is 38.7. The molecule has 0 aliphatic carbocycles. The van der Waals surface area contributed by atoms with Crippen LogP contribution in [0.15, 0.2) is 24.3 Å². The number of hydrogen-bond donors (Lipinski definition) is 2. The lowest BCUT2D eigenvalue weighted by atomic mass is 10.1. The monoisotopic (exact) mass is 344 g/mol. The van der Waals surface area contributed by atoms with E-state index >= 15 is 0 Å². The number of carbonyl (C=O) groups is 3. The molecule has 0 aliphatic heterocycles. The van der Waals surface area contributed by atoms with Crippen LogP contribution in [0.5, 0.6) is 11.5 Å². The van der Waals surface area contributed by atoms with E-state index in [-0.39, 0.29) is 17.1 Å². The highest BCUT2D eigenvalue weighted by Gasteiger charge is 2.14. The minimum atomic E-state index is -3.09. The van der Waals surface area contributed by atoms with E-state index in [1.165, 1.54) is 25.3 Å². The lowest BCUT2D eigenvalue weighted by Gasteiger charge is -2.12. The molecule has 0 heterocycles. The van der Waals surface area contributed by atoms with E-state index in [1.54, 1.807) is 5.32 Å². The molecule has 0 aliphatic rings. The van der Waals surface area contributed by atoms with Crippen LogP contribution < -0.4 is 20.5 Å². The van der Waals surface area contributed by atoms with Gasteiger partial charge in [0.1, 0.15) is 0 Å². The van der Waals surface area contributed by atoms with Gasteiger partial charge in [-0.15, -0.1) is 0 Å². The molecule has 8 nitrogen and oxygen atoms in total. The SMILES string of the molecule is COc1cccc(/C=C/C(=O)OCC(=O)NC(N)=O)c1OC(F)F. The zero-order valence-electron chi connectivity index (χ0n) is 12.5. The van der Waals surface area contributed by atoms with Crippen LogP contribution in [0.4, 0.5) is 13.6 Å². The third-order valence-corrected chi connectivity index (χ3v) is 2.44. The summed E-state index contributed by atoms with van der Waals surface area (Å²) in [5.74, 6) is -2.06. The van der Waals surface area contributed by atoms with Gasteiger partial charge in [0.25, 0.3) is 5.91 Å². The van der Waals surface area contributed by atoms with Crippen LogP contribution in [0.2, 0.25) is 0 Å². The van der Waals surface area contributed by atoms with Crippen LogP contribution in [0.3, 0.4) is 0 Å². The molecule has 0 fully saturated rings. The molecule has 130 valence electrons. The first-order chi connectivity index (χ1) is 11.3. The van der Waals surface area contributed by atoms with Crippen molar-refractivity contribution in [3.05, 3.63) is 29.8 Å². The zero-order valence-corrected chi connectivity index (χ0v) is 12.5. The topological polar surface area (TPSA) is 117 Å². The van der Waals surface area contributed by atoms with Gasteiger partial charge in [-0.25, -0.2) is 9.59 Å². The Bertz CT molecular complexity index is 648. The van der Waals surface area contributed by atoms with Gasteiger partial charge in [0.2, 0.25) is 0 Å². The number of carbonyl (C=O) groups excluding carboxylic acids is 3. The summed E-state index contributed by atoms with van der Waals surface area (Å²) in [6, 6.07) is 3.23. The zero-order chi connectivity index (χ0) is 18.1. The van der Waals surface area contributed by atoms with Crippen LogP contribution in [-0.4, -0.2) is 38.2 Å². The number of halogens is 2. The summed E-state index contributed by atoms with van der Waals surface area (Å²) in [7, 11) is 1.27. The summed E-state index contributed by atoms with van der Waals surface area (Å²) in [5, 5.41) is 1.70. The minimum absolute atomic E-state index is 0.0478. The van der Waals surface area contributed by atoms with Crippen molar-refractivity contribution in [3.8, 4) is 11.5 Å². The van der Waals surface area contributed by atoms with Gasteiger partial charge in [0.15, 0.2) is 18.1 Å². The van der Waals surface area contributed by atoms with Gasteiger partial charge in [0.05, 0.1) is 7.11 Å². The molecule has 24 heavy (non-hydrogen) atoms. The van der Waals surface area contributed by atoms with Gasteiger partial charge >= 0.3 is 18.6 Å². The number of urea groups is 1. The average Bonchev–Trinajstić information content (AvgIpc) is 2.50. The van der Waals surface area contributed by atoms with Gasteiger partial charge in [-0.3, -0.25) is 10.1 Å². The minimum Gasteiger partial charge on any atom is -0.493 e. The van der Waals surface area contributed by atoms with Gasteiger partial charge in [-0.1, -0.05) is 12.1 Å². The first-order valence-electron chi connectivity index (χ1n) is 6.39. The van der Waals surface area contributed by atoms with Crippen molar-refractivity contribution in [1.82, 2.24) is 5.32 Å². The number of amides is 3. The number of primary amides is 1. The number of alkyl halides is 2. The van der Waals surface area contributed by atoms with E-state index in [2.05, 4.69) is 9.47 Å². The Balaban J connectivity index is 2.77. The van der Waals surface area contributed by atoms with Crippen molar-refractivity contribution in [2.75, 3.05) is 13.7 Å². The van der Waals surface area contributed by atoms with Gasteiger partial charge in [-0.2, -0.15) is 8.78 Å². The second-order valence-corrected chi connectivity index (χ2v) is 4.11. The fourth-order valence-electron chi connectivity index (χ4n) is 1.56. The van der Waals surface area contributed by atoms with Crippen LogP contribution in [0, 0.1) is 0 Å². The molecule has 0 aromatic heterocycles. The molecule has 1 aromatic carbocycles. The molecule has 0 radical (unpaired) electrons. The molecule has 0 bridgehead atoms. The smallest absolute Gasteiger partial charge is 0.387 e. The number of hydrogen-bond acceptors (Lipinski definition) is 6. The molecular weight excluding hydrogens is 330 g/mol. The fraction of sp³-hybridized carbons (Fsp3) is 0.214. The molecule has 0 spiro atoms. The molecule has 0 saturated heterocycles. The van der Waals surface area contributed by atoms with E-state index in [0.29, 0.717) is 0 Å². The maximum atomic E-state index is 12.5. The summed E-state index contributed by atoms with van der Waals surface area (Å²) >= 11 is 0. The molecule has 1 rings (SSSR count). The molecule has 0 saturated carbocycles. The van der Waals surface area contributed by atoms with Crippen molar-refractivity contribution in [2.24, 2.45) is 5.73 Å². The van der Waals surface area contributed by atoms with Crippen molar-refractivity contribution in [3.63, 3.8) is 0 Å². The quantitative estimate of drug-likeness (QED) is 0.564. The molecular formula is C14H14F2N2O6. The highest BCUT2D eigenvalue weighted by molar-refractivity contribution is 5.96. The number of nitrogens with one attached hydrogen (secondary N) is 1. The molecule has 1 aromatic rings. The Morgan fingerprint density at radius 2 is 2.04 bits per heavy atom. The summed E-state index contributed by atoms with van der Waals surface area (Å²) in [4.78, 5) is 32.9. The number of imide groups is 1. The van der Waals surface area contributed by atoms with E-state index in [0.717, 1.165) is 12.2 Å². The number of ether oxygens (including phenoxy) is 3. The lowest BCUT2D eigenvalue weighted by Crippen LogP contribution is -2.37. The number of methoxy groups -OCH3 is 1. The summed E-state index contributed by atoms with van der Waals surface area (Å²) in [6.07, 6.45) is 2.04. The number of esters is 1. The third-order valence-electron chi connectivity index (χ3n) is 2.44. The van der Waals surface area contributed by atoms with E-state index in [4.69, 9.17) is 10.5 Å². The number of benzene rings is 1. The van der Waals surface area contributed by atoms with E-state index in [1.807, 2.05) is 0 Å². The Morgan fingerprint density at radius 3 is 2.62 bits per heavy atom. The van der Waals surface area contributed by atoms with Crippen molar-refractivity contribution in [1.29, 1.82) is 0 Å². The molecule has 0 unspecified atom stereocenters. The highest BCUT2D eigenvalue weighted by Crippen LogP contribution is 2.33. The van der Waals surface area contributed by atoms with Crippen LogP contribution in [0.25, 0.3) is 6.08 Å². The largest absolute Gasteiger partial charge is 0.493 e. The van der Waals surface area contributed by atoms with Gasteiger partial charge in [0, 0.05) is 11.6 Å². The average molecular weight is 344 g/mol. The number of rotatable bonds is 7. The van der Waals surface area contributed by atoms with Gasteiger partial charge < -0.3 is 19.9 Å². The standard InChI is InChI=1S/C14H14F2N2O6/c1-22-9-4-2-3-8(12(9)24-13(15)16)5-6-11(20)23-7-10(19)18-14(17)21/h2-6,13H,7H2,1H3,(H3,17,18,19,21)/b6-5+.